The Morgan fingerprint density at radius 2 is 1.40 bits per heavy atom. The summed E-state index contributed by atoms with van der Waals surface area (Å²) >= 11 is 3.26. The molecule has 0 aliphatic carbocycles. The summed E-state index contributed by atoms with van der Waals surface area (Å²) in [7, 11) is 0. The zero-order valence-electron chi connectivity index (χ0n) is 15.7. The van der Waals surface area contributed by atoms with Gasteiger partial charge in [0.1, 0.15) is 0 Å². The van der Waals surface area contributed by atoms with Crippen LogP contribution in [0, 0.1) is 17.9 Å². The van der Waals surface area contributed by atoms with Crippen LogP contribution in [0.25, 0.3) is 49.3 Å². The summed E-state index contributed by atoms with van der Waals surface area (Å²) in [6, 6.07) is 18.2. The van der Waals surface area contributed by atoms with Crippen LogP contribution in [0.15, 0.2) is 73.2 Å². The normalized spacial score (nSPS) is 11.0. The lowest BCUT2D eigenvalue weighted by Gasteiger charge is -2.05. The van der Waals surface area contributed by atoms with Gasteiger partial charge in [0.05, 0.1) is 24.0 Å². The first-order valence-corrected chi connectivity index (χ1v) is 10.6. The largest absolute Gasteiger partial charge is 0.255 e. The van der Waals surface area contributed by atoms with Gasteiger partial charge in [0.25, 0.3) is 0 Å². The Labute approximate surface area is 182 Å². The monoisotopic (exact) mass is 422 g/mol. The molecule has 4 nitrogen and oxygen atoms in total. The highest BCUT2D eigenvalue weighted by molar-refractivity contribution is 7.16. The second-order valence-corrected chi connectivity index (χ2v) is 8.40. The predicted octanol–water partition coefficient (Wildman–Crippen LogP) is 7.03. The van der Waals surface area contributed by atoms with E-state index in [1.165, 1.54) is 12.3 Å². The molecule has 0 saturated carbocycles. The van der Waals surface area contributed by atoms with Crippen LogP contribution in [0.1, 0.15) is 9.75 Å². The quantitative estimate of drug-likeness (QED) is 0.256. The molecule has 0 spiro atoms. The van der Waals surface area contributed by atoms with E-state index < -0.39 is 0 Å². The van der Waals surface area contributed by atoms with Gasteiger partial charge in [-0.25, -0.2) is 4.85 Å². The Balaban J connectivity index is 1.64. The van der Waals surface area contributed by atoms with E-state index in [0.717, 1.165) is 42.0 Å². The lowest BCUT2D eigenvalue weighted by atomic mass is 10.1. The highest BCUT2D eigenvalue weighted by atomic mass is 32.1. The van der Waals surface area contributed by atoms with Gasteiger partial charge >= 0.3 is 0 Å². The fraction of sp³-hybridized carbons (Fsp3) is 0. The molecule has 0 N–H and O–H groups in total. The van der Waals surface area contributed by atoms with Crippen LogP contribution in [0.5, 0.6) is 0 Å². The minimum Gasteiger partial charge on any atom is -0.255 e. The Kier molecular flexibility index (Phi) is 5.91. The van der Waals surface area contributed by atoms with Gasteiger partial charge in [-0.15, -0.1) is 22.7 Å². The van der Waals surface area contributed by atoms with Crippen molar-refractivity contribution in [2.24, 2.45) is 0 Å². The van der Waals surface area contributed by atoms with Crippen LogP contribution >= 0.6 is 22.7 Å². The van der Waals surface area contributed by atoms with Gasteiger partial charge in [-0.05, 0) is 71.8 Å². The highest BCUT2D eigenvalue weighted by Gasteiger charge is 2.09. The smallest absolute Gasteiger partial charge is 0.155 e. The van der Waals surface area contributed by atoms with Crippen molar-refractivity contribution in [1.29, 1.82) is 5.26 Å². The van der Waals surface area contributed by atoms with Crippen LogP contribution in [-0.4, -0.2) is 9.97 Å². The molecule has 0 aromatic carbocycles. The summed E-state index contributed by atoms with van der Waals surface area (Å²) in [5.74, 6) is 0. The van der Waals surface area contributed by atoms with E-state index in [0.29, 0.717) is 0 Å². The van der Waals surface area contributed by atoms with Gasteiger partial charge in [0, 0.05) is 38.0 Å². The zero-order valence-corrected chi connectivity index (χ0v) is 17.3. The Morgan fingerprint density at radius 3 is 1.93 bits per heavy atom. The average molecular weight is 423 g/mol. The van der Waals surface area contributed by atoms with E-state index in [4.69, 9.17) is 11.8 Å². The first kappa shape index (κ1) is 19.5. The maximum Gasteiger partial charge on any atom is 0.155 e. The molecule has 0 fully saturated rings. The van der Waals surface area contributed by atoms with Gasteiger partial charge in [-0.3, -0.25) is 9.97 Å². The number of allylic oxidation sites excluding steroid dienone is 1. The summed E-state index contributed by atoms with van der Waals surface area (Å²) in [4.78, 5) is 16.6. The molecule has 30 heavy (non-hydrogen) atoms. The third-order valence-electron chi connectivity index (χ3n) is 4.24. The SMILES string of the molecule is [C-]#[N+]/C=C\c1ccc(-c2ccnc(-c3cc(-c4ccc(/C=C\C#N)s4)ccn3)c2)s1. The van der Waals surface area contributed by atoms with Crippen molar-refractivity contribution in [2.75, 3.05) is 0 Å². The molecule has 0 unspecified atom stereocenters. The number of rotatable bonds is 5. The number of pyridine rings is 2. The second kappa shape index (κ2) is 9.11. The molecule has 4 aromatic heterocycles. The molecule has 4 heterocycles. The number of hydrogen-bond acceptors (Lipinski definition) is 5. The standard InChI is InChI=1S/C24H14N4S2/c1-26-12-10-20-5-7-24(30-20)18-9-14-28-22(16-18)21-15-17(8-13-27-21)23-6-4-19(29-23)3-2-11-25/h2-10,12-16H/b3-2-,12-10-. The van der Waals surface area contributed by atoms with Gasteiger partial charge in [-0.1, -0.05) is 0 Å². The third kappa shape index (κ3) is 4.42. The first-order chi connectivity index (χ1) is 14.8. The second-order valence-electron chi connectivity index (χ2n) is 6.17. The molecule has 0 aliphatic heterocycles. The van der Waals surface area contributed by atoms with Crippen molar-refractivity contribution in [3.63, 3.8) is 0 Å². The number of aromatic nitrogens is 2. The van der Waals surface area contributed by atoms with Crippen LogP contribution < -0.4 is 0 Å². The molecule has 0 amide bonds. The topological polar surface area (TPSA) is 53.9 Å². The highest BCUT2D eigenvalue weighted by Crippen LogP contribution is 2.33. The van der Waals surface area contributed by atoms with Gasteiger partial charge in [0.15, 0.2) is 6.20 Å². The van der Waals surface area contributed by atoms with Crippen molar-refractivity contribution < 1.29 is 0 Å². The minimum absolute atomic E-state index is 0.807. The number of thiophene rings is 2. The molecule has 0 bridgehead atoms. The van der Waals surface area contributed by atoms with E-state index in [1.54, 1.807) is 35.1 Å². The summed E-state index contributed by atoms with van der Waals surface area (Å²) in [5.41, 5.74) is 3.75. The Hall–Kier alpha value is -3.84. The van der Waals surface area contributed by atoms with E-state index in [1.807, 2.05) is 54.6 Å². The van der Waals surface area contributed by atoms with Gasteiger partial charge in [-0.2, -0.15) is 5.26 Å². The first-order valence-electron chi connectivity index (χ1n) is 8.99. The predicted molar refractivity (Wildman–Crippen MR) is 124 cm³/mol. The number of nitriles is 1. The van der Waals surface area contributed by atoms with E-state index in [-0.39, 0.29) is 0 Å². The molecule has 6 heteroatoms. The summed E-state index contributed by atoms with van der Waals surface area (Å²) < 4.78 is 0. The molecule has 0 aliphatic rings. The Morgan fingerprint density at radius 1 is 0.833 bits per heavy atom. The van der Waals surface area contributed by atoms with Gasteiger partial charge < -0.3 is 0 Å². The van der Waals surface area contributed by atoms with E-state index >= 15 is 0 Å². The zero-order chi connectivity index (χ0) is 20.8. The fourth-order valence-electron chi connectivity index (χ4n) is 2.87. The average Bonchev–Trinajstić information content (AvgIpc) is 3.46. The summed E-state index contributed by atoms with van der Waals surface area (Å²) in [6.45, 7) is 6.87. The fourth-order valence-corrected chi connectivity index (χ4v) is 4.68. The number of nitrogens with zero attached hydrogens (tertiary/aromatic N) is 4. The van der Waals surface area contributed by atoms with Crippen LogP contribution in [0.3, 0.4) is 0 Å². The van der Waals surface area contributed by atoms with Crippen molar-refractivity contribution in [3.8, 4) is 38.3 Å². The molecule has 4 aromatic rings. The van der Waals surface area contributed by atoms with Crippen molar-refractivity contribution >= 4 is 34.8 Å². The number of hydrogen-bond donors (Lipinski definition) is 0. The van der Waals surface area contributed by atoms with Crippen LogP contribution in [-0.2, 0) is 0 Å². The Bertz CT molecular complexity index is 1230. The van der Waals surface area contributed by atoms with E-state index in [2.05, 4.69) is 26.9 Å². The molecule has 0 atom stereocenters. The minimum atomic E-state index is 0.807. The molecular weight excluding hydrogens is 408 g/mol. The van der Waals surface area contributed by atoms with Crippen molar-refractivity contribution in [1.82, 2.24) is 9.97 Å². The summed E-state index contributed by atoms with van der Waals surface area (Å²) in [5, 5.41) is 8.70. The molecule has 0 saturated heterocycles. The van der Waals surface area contributed by atoms with E-state index in [9.17, 15) is 0 Å². The lowest BCUT2D eigenvalue weighted by molar-refractivity contribution is 1.25. The molecule has 142 valence electrons. The summed E-state index contributed by atoms with van der Waals surface area (Å²) in [6.07, 6.45) is 10.2. The van der Waals surface area contributed by atoms with Crippen molar-refractivity contribution in [2.45, 2.75) is 0 Å². The van der Waals surface area contributed by atoms with Crippen LogP contribution in [0.4, 0.5) is 0 Å². The maximum atomic E-state index is 8.70. The molecule has 4 rings (SSSR count). The lowest BCUT2D eigenvalue weighted by Crippen LogP contribution is -1.88. The molecular formula is C24H14N4S2. The maximum absolute atomic E-state index is 8.70. The van der Waals surface area contributed by atoms with Crippen LogP contribution in [0.2, 0.25) is 0 Å². The van der Waals surface area contributed by atoms with Crippen molar-refractivity contribution in [3.05, 3.63) is 94.4 Å². The van der Waals surface area contributed by atoms with Gasteiger partial charge in [0.2, 0.25) is 0 Å². The molecule has 0 radical (unpaired) electrons. The third-order valence-corrected chi connectivity index (χ3v) is 6.44.